The molecule has 102 valence electrons. The SMILES string of the molecule is COc1ccccc1C(=O)Nc1ccc(C(N)=S)cc1. The lowest BCUT2D eigenvalue weighted by Crippen LogP contribution is -2.13. The van der Waals surface area contributed by atoms with Crippen molar-refractivity contribution >= 4 is 28.8 Å². The number of thiocarbonyl (C=S) groups is 1. The van der Waals surface area contributed by atoms with Gasteiger partial charge in [0.05, 0.1) is 12.7 Å². The highest BCUT2D eigenvalue weighted by Crippen LogP contribution is 2.19. The van der Waals surface area contributed by atoms with Gasteiger partial charge in [0, 0.05) is 11.3 Å². The number of nitrogens with two attached hydrogens (primary N) is 1. The van der Waals surface area contributed by atoms with Gasteiger partial charge >= 0.3 is 0 Å². The Morgan fingerprint density at radius 1 is 1.15 bits per heavy atom. The third kappa shape index (κ3) is 3.13. The fraction of sp³-hybridized carbons (Fsp3) is 0.0667. The highest BCUT2D eigenvalue weighted by Gasteiger charge is 2.11. The first-order valence-corrected chi connectivity index (χ1v) is 6.37. The predicted molar refractivity (Wildman–Crippen MR) is 83.3 cm³/mol. The molecule has 0 saturated heterocycles. The second-order valence-electron chi connectivity index (χ2n) is 4.10. The van der Waals surface area contributed by atoms with Gasteiger partial charge in [0.2, 0.25) is 0 Å². The van der Waals surface area contributed by atoms with Gasteiger partial charge in [-0.25, -0.2) is 0 Å². The molecule has 3 N–H and O–H groups in total. The summed E-state index contributed by atoms with van der Waals surface area (Å²) in [7, 11) is 1.53. The fourth-order valence-corrected chi connectivity index (χ4v) is 1.88. The summed E-state index contributed by atoms with van der Waals surface area (Å²) in [5, 5.41) is 2.80. The number of ether oxygens (including phenoxy) is 1. The van der Waals surface area contributed by atoms with Gasteiger partial charge in [-0.1, -0.05) is 24.4 Å². The van der Waals surface area contributed by atoms with Crippen molar-refractivity contribution < 1.29 is 9.53 Å². The Balaban J connectivity index is 2.17. The van der Waals surface area contributed by atoms with E-state index in [1.54, 1.807) is 42.5 Å². The van der Waals surface area contributed by atoms with E-state index >= 15 is 0 Å². The van der Waals surface area contributed by atoms with E-state index in [1.165, 1.54) is 7.11 Å². The van der Waals surface area contributed by atoms with Gasteiger partial charge in [0.25, 0.3) is 5.91 Å². The quantitative estimate of drug-likeness (QED) is 0.848. The van der Waals surface area contributed by atoms with Crippen LogP contribution in [0.15, 0.2) is 48.5 Å². The van der Waals surface area contributed by atoms with Crippen LogP contribution in [-0.2, 0) is 0 Å². The van der Waals surface area contributed by atoms with Crippen LogP contribution in [0.5, 0.6) is 5.75 Å². The average Bonchev–Trinajstić information content (AvgIpc) is 2.47. The molecule has 0 spiro atoms. The van der Waals surface area contributed by atoms with Crippen LogP contribution in [0.3, 0.4) is 0 Å². The molecule has 1 amide bonds. The normalized spacial score (nSPS) is 9.85. The molecule has 5 heteroatoms. The van der Waals surface area contributed by atoms with Crippen molar-refractivity contribution in [3.8, 4) is 5.75 Å². The van der Waals surface area contributed by atoms with E-state index in [-0.39, 0.29) is 5.91 Å². The summed E-state index contributed by atoms with van der Waals surface area (Å²) in [4.78, 5) is 12.5. The predicted octanol–water partition coefficient (Wildman–Crippen LogP) is 2.58. The van der Waals surface area contributed by atoms with Crippen molar-refractivity contribution in [1.82, 2.24) is 0 Å². The number of methoxy groups -OCH3 is 1. The Labute approximate surface area is 122 Å². The maximum absolute atomic E-state index is 12.2. The second-order valence-corrected chi connectivity index (χ2v) is 4.54. The lowest BCUT2D eigenvalue weighted by atomic mass is 10.1. The Morgan fingerprint density at radius 3 is 2.40 bits per heavy atom. The van der Waals surface area contributed by atoms with Crippen LogP contribution >= 0.6 is 12.2 Å². The summed E-state index contributed by atoms with van der Waals surface area (Å²) < 4.78 is 5.16. The minimum absolute atomic E-state index is 0.231. The third-order valence-corrected chi connectivity index (χ3v) is 3.01. The zero-order valence-electron chi connectivity index (χ0n) is 10.9. The Kier molecular flexibility index (Phi) is 4.32. The van der Waals surface area contributed by atoms with E-state index in [9.17, 15) is 4.79 Å². The first-order valence-electron chi connectivity index (χ1n) is 5.96. The fourth-order valence-electron chi connectivity index (χ4n) is 1.75. The van der Waals surface area contributed by atoms with E-state index in [0.29, 0.717) is 22.0 Å². The number of amides is 1. The number of hydrogen-bond donors (Lipinski definition) is 2. The number of carbonyl (C=O) groups excluding carboxylic acids is 1. The van der Waals surface area contributed by atoms with Crippen LogP contribution in [0.2, 0.25) is 0 Å². The molecule has 0 bridgehead atoms. The third-order valence-electron chi connectivity index (χ3n) is 2.78. The second kappa shape index (κ2) is 6.16. The molecule has 0 aliphatic carbocycles. The van der Waals surface area contributed by atoms with Gasteiger partial charge in [0.1, 0.15) is 10.7 Å². The molecule has 0 radical (unpaired) electrons. The Morgan fingerprint density at radius 2 is 1.80 bits per heavy atom. The van der Waals surface area contributed by atoms with Crippen LogP contribution in [0.1, 0.15) is 15.9 Å². The van der Waals surface area contributed by atoms with Crippen molar-refractivity contribution in [3.63, 3.8) is 0 Å². The van der Waals surface area contributed by atoms with Crippen LogP contribution in [0.25, 0.3) is 0 Å². The number of carbonyl (C=O) groups is 1. The van der Waals surface area contributed by atoms with Crippen molar-refractivity contribution in [2.45, 2.75) is 0 Å². The van der Waals surface area contributed by atoms with Crippen LogP contribution in [0.4, 0.5) is 5.69 Å². The minimum Gasteiger partial charge on any atom is -0.496 e. The van der Waals surface area contributed by atoms with Gasteiger partial charge in [-0.05, 0) is 36.4 Å². The molecule has 0 unspecified atom stereocenters. The first kappa shape index (κ1) is 14.0. The smallest absolute Gasteiger partial charge is 0.259 e. The number of para-hydroxylation sites is 1. The number of nitrogens with one attached hydrogen (secondary N) is 1. The average molecular weight is 286 g/mol. The van der Waals surface area contributed by atoms with Crippen LogP contribution < -0.4 is 15.8 Å². The molecule has 2 aromatic rings. The number of rotatable bonds is 4. The van der Waals surface area contributed by atoms with E-state index in [0.717, 1.165) is 5.56 Å². The molecule has 0 heterocycles. The molecule has 0 aromatic heterocycles. The van der Waals surface area contributed by atoms with Crippen LogP contribution in [0, 0.1) is 0 Å². The molecular weight excluding hydrogens is 272 g/mol. The van der Waals surface area contributed by atoms with Gasteiger partial charge < -0.3 is 15.8 Å². The lowest BCUT2D eigenvalue weighted by molar-refractivity contribution is 0.102. The molecule has 2 aromatic carbocycles. The number of benzene rings is 2. The van der Waals surface area contributed by atoms with E-state index < -0.39 is 0 Å². The summed E-state index contributed by atoms with van der Waals surface area (Å²) >= 11 is 4.88. The van der Waals surface area contributed by atoms with E-state index in [4.69, 9.17) is 22.7 Å². The summed E-state index contributed by atoms with van der Waals surface area (Å²) in [6, 6.07) is 14.1. The van der Waals surface area contributed by atoms with Crippen LogP contribution in [-0.4, -0.2) is 18.0 Å². The largest absolute Gasteiger partial charge is 0.496 e. The van der Waals surface area contributed by atoms with Crippen molar-refractivity contribution in [2.75, 3.05) is 12.4 Å². The maximum Gasteiger partial charge on any atom is 0.259 e. The van der Waals surface area contributed by atoms with Crippen molar-refractivity contribution in [1.29, 1.82) is 0 Å². The van der Waals surface area contributed by atoms with Gasteiger partial charge in [-0.15, -0.1) is 0 Å². The topological polar surface area (TPSA) is 64.3 Å². The zero-order valence-corrected chi connectivity index (χ0v) is 11.7. The Hall–Kier alpha value is -2.40. The minimum atomic E-state index is -0.231. The first-order chi connectivity index (χ1) is 9.61. The van der Waals surface area contributed by atoms with E-state index in [2.05, 4.69) is 5.32 Å². The van der Waals surface area contributed by atoms with Gasteiger partial charge in [-0.3, -0.25) is 4.79 Å². The summed E-state index contributed by atoms with van der Waals surface area (Å²) in [6.45, 7) is 0. The molecule has 0 aliphatic heterocycles. The highest BCUT2D eigenvalue weighted by molar-refractivity contribution is 7.80. The lowest BCUT2D eigenvalue weighted by Gasteiger charge is -2.09. The summed E-state index contributed by atoms with van der Waals surface area (Å²) in [6.07, 6.45) is 0. The molecule has 20 heavy (non-hydrogen) atoms. The number of hydrogen-bond acceptors (Lipinski definition) is 3. The summed E-state index contributed by atoms with van der Waals surface area (Å²) in [5.74, 6) is 0.301. The Bertz CT molecular complexity index is 639. The molecular formula is C15H14N2O2S. The monoisotopic (exact) mass is 286 g/mol. The number of anilines is 1. The zero-order chi connectivity index (χ0) is 14.5. The van der Waals surface area contributed by atoms with Gasteiger partial charge in [-0.2, -0.15) is 0 Å². The summed E-state index contributed by atoms with van der Waals surface area (Å²) in [5.41, 5.74) is 7.43. The highest BCUT2D eigenvalue weighted by atomic mass is 32.1. The molecule has 2 rings (SSSR count). The van der Waals surface area contributed by atoms with Crippen molar-refractivity contribution in [3.05, 3.63) is 59.7 Å². The van der Waals surface area contributed by atoms with Crippen molar-refractivity contribution in [2.24, 2.45) is 5.73 Å². The molecule has 0 fully saturated rings. The van der Waals surface area contributed by atoms with Gasteiger partial charge in [0.15, 0.2) is 0 Å². The molecule has 4 nitrogen and oxygen atoms in total. The standard InChI is InChI=1S/C15H14N2O2S/c1-19-13-5-3-2-4-12(13)15(18)17-11-8-6-10(7-9-11)14(16)20/h2-9H,1H3,(H2,16,20)(H,17,18). The molecule has 0 atom stereocenters. The maximum atomic E-state index is 12.2. The van der Waals surface area contributed by atoms with E-state index in [1.807, 2.05) is 6.07 Å². The molecule has 0 saturated carbocycles. The molecule has 0 aliphatic rings.